The van der Waals surface area contributed by atoms with Crippen LogP contribution in [0.5, 0.6) is 0 Å². The topological polar surface area (TPSA) is 88.0 Å². The van der Waals surface area contributed by atoms with Crippen molar-refractivity contribution in [3.05, 3.63) is 60.1 Å². The first-order chi connectivity index (χ1) is 13.8. The summed E-state index contributed by atoms with van der Waals surface area (Å²) in [5.74, 6) is -0.684. The zero-order valence-electron chi connectivity index (χ0n) is 15.4. The van der Waals surface area contributed by atoms with Crippen LogP contribution in [0.4, 0.5) is 19.0 Å². The summed E-state index contributed by atoms with van der Waals surface area (Å²) in [5.41, 5.74) is 0.460. The van der Waals surface area contributed by atoms with Crippen LogP contribution < -0.4 is 5.32 Å². The number of carboxylic acid groups (broad SMARTS) is 1. The molecule has 0 spiro atoms. The highest BCUT2D eigenvalue weighted by molar-refractivity contribution is 6.09. The number of hydrogen-bond acceptors (Lipinski definition) is 5. The van der Waals surface area contributed by atoms with Crippen LogP contribution >= 0.6 is 0 Å². The molecule has 0 unspecified atom stereocenters. The fourth-order valence-electron chi connectivity index (χ4n) is 2.82. The predicted molar refractivity (Wildman–Crippen MR) is 104 cm³/mol. The van der Waals surface area contributed by atoms with Crippen LogP contribution in [0.1, 0.15) is 23.7 Å². The van der Waals surface area contributed by atoms with Gasteiger partial charge in [0.2, 0.25) is 0 Å². The number of aromatic nitrogens is 3. The SMILES string of the molecule is CC/C(=C\C=C/CNc1nc2cc(C(=O)O)ccc2c2cncnc12)C(F)(F)F. The first-order valence-corrected chi connectivity index (χ1v) is 8.74. The number of aromatic carboxylic acids is 1. The van der Waals surface area contributed by atoms with Crippen LogP contribution in [0.15, 0.2) is 54.5 Å². The van der Waals surface area contributed by atoms with Crippen LogP contribution in [0, 0.1) is 0 Å². The Labute approximate surface area is 163 Å². The van der Waals surface area contributed by atoms with E-state index in [0.717, 1.165) is 6.08 Å². The minimum Gasteiger partial charge on any atom is -0.478 e. The van der Waals surface area contributed by atoms with Crippen LogP contribution in [0.25, 0.3) is 21.8 Å². The molecule has 6 nitrogen and oxygen atoms in total. The van der Waals surface area contributed by atoms with Crippen molar-refractivity contribution in [2.75, 3.05) is 11.9 Å². The summed E-state index contributed by atoms with van der Waals surface area (Å²) in [4.78, 5) is 23.9. The number of nitrogens with zero attached hydrogens (tertiary/aromatic N) is 3. The summed E-state index contributed by atoms with van der Waals surface area (Å²) >= 11 is 0. The van der Waals surface area contributed by atoms with Crippen LogP contribution in [-0.2, 0) is 0 Å². The second-order valence-corrected chi connectivity index (χ2v) is 6.13. The van der Waals surface area contributed by atoms with Gasteiger partial charge in [0.15, 0.2) is 5.82 Å². The number of carbonyl (C=O) groups is 1. The monoisotopic (exact) mass is 402 g/mol. The molecule has 0 aliphatic carbocycles. The third-order valence-electron chi connectivity index (χ3n) is 4.27. The summed E-state index contributed by atoms with van der Waals surface area (Å²) < 4.78 is 38.2. The molecule has 0 saturated carbocycles. The number of halogens is 3. The van der Waals surface area contributed by atoms with Crippen molar-refractivity contribution in [1.82, 2.24) is 15.0 Å². The van der Waals surface area contributed by atoms with E-state index in [-0.39, 0.29) is 18.5 Å². The van der Waals surface area contributed by atoms with Gasteiger partial charge < -0.3 is 10.4 Å². The van der Waals surface area contributed by atoms with Crippen LogP contribution in [-0.4, -0.2) is 38.7 Å². The Balaban J connectivity index is 1.91. The maximum absolute atomic E-state index is 12.7. The molecule has 0 aliphatic rings. The number of anilines is 1. The average Bonchev–Trinajstić information content (AvgIpc) is 2.69. The van der Waals surface area contributed by atoms with E-state index < -0.39 is 17.7 Å². The molecule has 3 aromatic rings. The second-order valence-electron chi connectivity index (χ2n) is 6.13. The molecular formula is C20H17F3N4O2. The van der Waals surface area contributed by atoms with Crippen molar-refractivity contribution in [1.29, 1.82) is 0 Å². The van der Waals surface area contributed by atoms with Crippen molar-refractivity contribution in [2.45, 2.75) is 19.5 Å². The largest absolute Gasteiger partial charge is 0.478 e. The third kappa shape index (κ3) is 4.50. The van der Waals surface area contributed by atoms with E-state index in [1.54, 1.807) is 12.3 Å². The Kier molecular flexibility index (Phi) is 5.76. The molecule has 0 saturated heterocycles. The zero-order chi connectivity index (χ0) is 21.0. The molecule has 3 rings (SSSR count). The Morgan fingerprint density at radius 2 is 2.07 bits per heavy atom. The first-order valence-electron chi connectivity index (χ1n) is 8.74. The predicted octanol–water partition coefficient (Wildman–Crippen LogP) is 4.74. The quantitative estimate of drug-likeness (QED) is 0.457. The maximum atomic E-state index is 12.7. The summed E-state index contributed by atoms with van der Waals surface area (Å²) in [6.45, 7) is 1.66. The van der Waals surface area contributed by atoms with Crippen molar-refractivity contribution in [3.8, 4) is 0 Å². The lowest BCUT2D eigenvalue weighted by molar-refractivity contribution is -0.0935. The van der Waals surface area contributed by atoms with E-state index >= 15 is 0 Å². The fraction of sp³-hybridized carbons (Fsp3) is 0.200. The molecule has 0 amide bonds. The Hall–Kier alpha value is -3.49. The van der Waals surface area contributed by atoms with Gasteiger partial charge >= 0.3 is 12.1 Å². The number of pyridine rings is 1. The molecule has 1 aromatic carbocycles. The molecule has 0 bridgehead atoms. The van der Waals surface area contributed by atoms with E-state index in [0.29, 0.717) is 27.6 Å². The summed E-state index contributed by atoms with van der Waals surface area (Å²) in [5, 5.41) is 13.6. The van der Waals surface area contributed by atoms with Crippen LogP contribution in [0.2, 0.25) is 0 Å². The molecule has 0 fully saturated rings. The van der Waals surface area contributed by atoms with Gasteiger partial charge in [-0.2, -0.15) is 13.2 Å². The summed E-state index contributed by atoms with van der Waals surface area (Å²) in [7, 11) is 0. The van der Waals surface area contributed by atoms with Gasteiger partial charge in [0.1, 0.15) is 11.8 Å². The lowest BCUT2D eigenvalue weighted by atomic mass is 10.1. The number of hydrogen-bond donors (Lipinski definition) is 2. The molecule has 9 heteroatoms. The summed E-state index contributed by atoms with van der Waals surface area (Å²) in [6.07, 6.45) is 2.42. The third-order valence-corrected chi connectivity index (χ3v) is 4.27. The molecule has 2 aromatic heterocycles. The van der Waals surface area contributed by atoms with Gasteiger partial charge in [0.25, 0.3) is 0 Å². The van der Waals surface area contributed by atoms with Crippen molar-refractivity contribution >= 4 is 33.6 Å². The lowest BCUT2D eigenvalue weighted by Gasteiger charge is -2.10. The summed E-state index contributed by atoms with van der Waals surface area (Å²) in [6, 6.07) is 4.58. The lowest BCUT2D eigenvalue weighted by Crippen LogP contribution is -2.10. The first kappa shape index (κ1) is 20.2. The van der Waals surface area contributed by atoms with Gasteiger partial charge in [-0.1, -0.05) is 31.2 Å². The molecular weight excluding hydrogens is 385 g/mol. The number of carboxylic acids is 1. The highest BCUT2D eigenvalue weighted by atomic mass is 19.4. The van der Waals surface area contributed by atoms with Gasteiger partial charge in [0, 0.05) is 29.1 Å². The van der Waals surface area contributed by atoms with Gasteiger partial charge in [-0.05, 0) is 18.6 Å². The standard InChI is InChI=1S/C20H17F3N4O2/c1-2-13(20(21,22)23)5-3-4-8-25-18-17-15(10-24-11-26-17)14-7-6-12(19(28)29)9-16(14)27-18/h3-7,9-11H,2,8H2,1H3,(H,25,27)(H,28,29)/b4-3-,13-5+. The van der Waals surface area contributed by atoms with Crippen molar-refractivity contribution in [2.24, 2.45) is 0 Å². The smallest absolute Gasteiger partial charge is 0.412 e. The highest BCUT2D eigenvalue weighted by Crippen LogP contribution is 2.29. The number of fused-ring (bicyclic) bond motifs is 3. The van der Waals surface area contributed by atoms with E-state index in [2.05, 4.69) is 20.3 Å². The van der Waals surface area contributed by atoms with E-state index in [4.69, 9.17) is 0 Å². The minimum atomic E-state index is -4.35. The van der Waals surface area contributed by atoms with Gasteiger partial charge in [-0.25, -0.2) is 19.7 Å². The highest BCUT2D eigenvalue weighted by Gasteiger charge is 2.31. The Morgan fingerprint density at radius 3 is 2.76 bits per heavy atom. The number of alkyl halides is 3. The molecule has 2 N–H and O–H groups in total. The average molecular weight is 402 g/mol. The van der Waals surface area contributed by atoms with Crippen LogP contribution in [0.3, 0.4) is 0 Å². The molecule has 150 valence electrons. The van der Waals surface area contributed by atoms with Gasteiger partial charge in [-0.15, -0.1) is 0 Å². The molecule has 2 heterocycles. The van der Waals surface area contributed by atoms with E-state index in [1.807, 2.05) is 0 Å². The number of allylic oxidation sites excluding steroid dienone is 3. The molecule has 0 radical (unpaired) electrons. The minimum absolute atomic E-state index is 0.0939. The van der Waals surface area contributed by atoms with Gasteiger partial charge in [-0.3, -0.25) is 0 Å². The Morgan fingerprint density at radius 1 is 1.28 bits per heavy atom. The number of benzene rings is 1. The normalized spacial score (nSPS) is 12.8. The van der Waals surface area contributed by atoms with E-state index in [9.17, 15) is 23.1 Å². The fourth-order valence-corrected chi connectivity index (χ4v) is 2.82. The number of nitrogens with one attached hydrogen (secondary N) is 1. The zero-order valence-corrected chi connectivity index (χ0v) is 15.4. The van der Waals surface area contributed by atoms with Crippen molar-refractivity contribution < 1.29 is 23.1 Å². The number of rotatable bonds is 6. The Bertz CT molecular complexity index is 1120. The molecule has 0 atom stereocenters. The van der Waals surface area contributed by atoms with Gasteiger partial charge in [0.05, 0.1) is 11.1 Å². The van der Waals surface area contributed by atoms with E-state index in [1.165, 1.54) is 37.5 Å². The maximum Gasteiger partial charge on any atom is 0.412 e. The molecule has 0 aliphatic heterocycles. The molecule has 29 heavy (non-hydrogen) atoms. The second kappa shape index (κ2) is 8.26. The van der Waals surface area contributed by atoms with Crippen molar-refractivity contribution in [3.63, 3.8) is 0 Å².